The first-order valence-corrected chi connectivity index (χ1v) is 14.6. The SMILES string of the molecule is CCOP(=O)(OCC)C(C(c1ccccc1)C1SC(=S)NC1=O)P(=O)(OCC)OCC. The number of thioether (sulfide) groups is 1. The summed E-state index contributed by atoms with van der Waals surface area (Å²) in [5, 5.41) is 0.430. The summed E-state index contributed by atoms with van der Waals surface area (Å²) in [7, 11) is -8.16. The van der Waals surface area contributed by atoms with E-state index in [2.05, 4.69) is 5.32 Å². The van der Waals surface area contributed by atoms with Gasteiger partial charge in [0, 0.05) is 5.92 Å². The fourth-order valence-corrected chi connectivity index (χ4v) is 11.0. The molecule has 1 saturated heterocycles. The van der Waals surface area contributed by atoms with Gasteiger partial charge < -0.3 is 23.4 Å². The van der Waals surface area contributed by atoms with Gasteiger partial charge in [0.15, 0.2) is 5.40 Å². The number of thiocarbonyl (C=S) groups is 1. The molecular formula is C19H29NO7P2S2. The molecule has 0 spiro atoms. The summed E-state index contributed by atoms with van der Waals surface area (Å²) < 4.78 is 51.0. The standard InChI is InChI=1S/C19H29NO7P2S2/c1-5-24-28(22,25-6-2)18(29(23,26-7-3)27-8-4)15(14-12-10-9-11-13-14)16-17(21)20-19(30)31-16/h9-13,15-16,18H,5-8H2,1-4H3,(H,20,21,30). The van der Waals surface area contributed by atoms with Crippen LogP contribution < -0.4 is 5.32 Å². The van der Waals surface area contributed by atoms with Crippen LogP contribution >= 0.6 is 39.2 Å². The van der Waals surface area contributed by atoms with Crippen LogP contribution in [0.1, 0.15) is 39.2 Å². The fraction of sp³-hybridized carbons (Fsp3) is 0.579. The molecule has 0 aromatic heterocycles. The van der Waals surface area contributed by atoms with E-state index in [9.17, 15) is 13.9 Å². The number of hydrogen-bond donors (Lipinski definition) is 1. The Morgan fingerprint density at radius 1 is 0.935 bits per heavy atom. The van der Waals surface area contributed by atoms with Crippen molar-refractivity contribution in [1.29, 1.82) is 0 Å². The molecule has 12 heteroatoms. The highest BCUT2D eigenvalue weighted by molar-refractivity contribution is 8.24. The smallest absolute Gasteiger partial charge is 0.311 e. The number of nitrogens with one attached hydrogen (secondary N) is 1. The van der Waals surface area contributed by atoms with Crippen molar-refractivity contribution in [2.24, 2.45) is 0 Å². The lowest BCUT2D eigenvalue weighted by atomic mass is 9.96. The summed E-state index contributed by atoms with van der Waals surface area (Å²) in [4.78, 5) is 12.8. The van der Waals surface area contributed by atoms with E-state index < -0.39 is 31.8 Å². The van der Waals surface area contributed by atoms with Crippen molar-refractivity contribution >= 4 is 49.4 Å². The van der Waals surface area contributed by atoms with Crippen LogP contribution in [0.25, 0.3) is 0 Å². The second kappa shape index (κ2) is 12.1. The van der Waals surface area contributed by atoms with Crippen molar-refractivity contribution in [3.8, 4) is 0 Å². The monoisotopic (exact) mass is 509 g/mol. The zero-order chi connectivity index (χ0) is 23.1. The molecule has 2 unspecified atom stereocenters. The first-order chi connectivity index (χ1) is 14.8. The summed E-state index contributed by atoms with van der Waals surface area (Å²) in [6, 6.07) is 8.94. The van der Waals surface area contributed by atoms with E-state index in [0.29, 0.717) is 9.88 Å². The quantitative estimate of drug-likeness (QED) is 0.286. The van der Waals surface area contributed by atoms with Crippen molar-refractivity contribution in [1.82, 2.24) is 5.32 Å². The van der Waals surface area contributed by atoms with Crippen LogP contribution in [0.3, 0.4) is 0 Å². The molecule has 2 rings (SSSR count). The van der Waals surface area contributed by atoms with Gasteiger partial charge in [-0.2, -0.15) is 0 Å². The van der Waals surface area contributed by atoms with E-state index in [1.54, 1.807) is 52.0 Å². The molecule has 1 amide bonds. The molecule has 2 atom stereocenters. The van der Waals surface area contributed by atoms with Crippen molar-refractivity contribution < 1.29 is 32.0 Å². The largest absolute Gasteiger partial charge is 0.346 e. The highest BCUT2D eigenvalue weighted by atomic mass is 32.2. The average molecular weight is 510 g/mol. The highest BCUT2D eigenvalue weighted by Gasteiger charge is 2.59. The van der Waals surface area contributed by atoms with Crippen LogP contribution in [-0.2, 0) is 32.0 Å². The van der Waals surface area contributed by atoms with Crippen LogP contribution in [0.5, 0.6) is 0 Å². The van der Waals surface area contributed by atoms with Gasteiger partial charge in [-0.05, 0) is 33.3 Å². The molecular weight excluding hydrogens is 480 g/mol. The van der Waals surface area contributed by atoms with Gasteiger partial charge in [-0.1, -0.05) is 54.3 Å². The van der Waals surface area contributed by atoms with Crippen LogP contribution in [0.4, 0.5) is 0 Å². The second-order valence-corrected chi connectivity index (χ2v) is 12.9. The van der Waals surface area contributed by atoms with Crippen molar-refractivity contribution in [2.45, 2.75) is 44.3 Å². The van der Waals surface area contributed by atoms with Crippen molar-refractivity contribution in [3.05, 3.63) is 35.9 Å². The average Bonchev–Trinajstić information content (AvgIpc) is 3.04. The number of amides is 1. The molecule has 0 aliphatic carbocycles. The van der Waals surface area contributed by atoms with Gasteiger partial charge in [0.25, 0.3) is 0 Å². The molecule has 8 nitrogen and oxygen atoms in total. The molecule has 1 N–H and O–H groups in total. The summed E-state index contributed by atoms with van der Waals surface area (Å²) in [6.45, 7) is 6.87. The second-order valence-electron chi connectivity index (χ2n) is 6.42. The van der Waals surface area contributed by atoms with E-state index >= 15 is 0 Å². The van der Waals surface area contributed by atoms with Crippen LogP contribution in [0.15, 0.2) is 30.3 Å². The van der Waals surface area contributed by atoms with Crippen molar-refractivity contribution in [2.75, 3.05) is 26.4 Å². The Kier molecular flexibility index (Phi) is 10.4. The predicted octanol–water partition coefficient (Wildman–Crippen LogP) is 5.15. The van der Waals surface area contributed by atoms with Gasteiger partial charge in [0.1, 0.15) is 4.32 Å². The number of carbonyl (C=O) groups is 1. The maximum atomic E-state index is 14.1. The lowest BCUT2D eigenvalue weighted by Gasteiger charge is -2.37. The molecule has 1 fully saturated rings. The van der Waals surface area contributed by atoms with E-state index in [0.717, 1.165) is 11.8 Å². The summed E-state index contributed by atoms with van der Waals surface area (Å²) in [5.41, 5.74) is 0.629. The molecule has 1 aliphatic rings. The van der Waals surface area contributed by atoms with E-state index in [4.69, 9.17) is 30.3 Å². The van der Waals surface area contributed by atoms with Gasteiger partial charge in [-0.25, -0.2) is 0 Å². The Morgan fingerprint density at radius 2 is 1.39 bits per heavy atom. The maximum Gasteiger partial charge on any atom is 0.346 e. The molecule has 1 aliphatic heterocycles. The minimum absolute atomic E-state index is 0.0515. The Balaban J connectivity index is 2.79. The molecule has 1 aromatic carbocycles. The number of carbonyl (C=O) groups excluding carboxylic acids is 1. The summed E-state index contributed by atoms with van der Waals surface area (Å²) in [5.74, 6) is -1.24. The van der Waals surface area contributed by atoms with Gasteiger partial charge in [0.2, 0.25) is 5.91 Å². The molecule has 174 valence electrons. The van der Waals surface area contributed by atoms with E-state index in [-0.39, 0.29) is 32.3 Å². The Bertz CT molecular complexity index is 805. The number of hydrogen-bond acceptors (Lipinski definition) is 9. The third kappa shape index (κ3) is 6.27. The maximum absolute atomic E-state index is 14.1. The fourth-order valence-electron chi connectivity index (χ4n) is 3.45. The van der Waals surface area contributed by atoms with Gasteiger partial charge in [-0.3, -0.25) is 13.9 Å². The molecule has 0 saturated carbocycles. The predicted molar refractivity (Wildman–Crippen MR) is 127 cm³/mol. The van der Waals surface area contributed by atoms with Crippen molar-refractivity contribution in [3.63, 3.8) is 0 Å². The van der Waals surface area contributed by atoms with Gasteiger partial charge in [0.05, 0.1) is 31.7 Å². The third-order valence-corrected chi connectivity index (χ3v) is 12.0. The lowest BCUT2D eigenvalue weighted by molar-refractivity contribution is -0.119. The van der Waals surface area contributed by atoms with E-state index in [1.165, 1.54) is 0 Å². The molecule has 31 heavy (non-hydrogen) atoms. The van der Waals surface area contributed by atoms with Crippen LogP contribution in [-0.4, -0.2) is 47.3 Å². The minimum atomic E-state index is -4.08. The lowest BCUT2D eigenvalue weighted by Crippen LogP contribution is -2.36. The van der Waals surface area contributed by atoms with E-state index in [1.807, 2.05) is 6.07 Å². The molecule has 0 bridgehead atoms. The summed E-state index contributed by atoms with van der Waals surface area (Å²) >= 11 is 6.30. The summed E-state index contributed by atoms with van der Waals surface area (Å²) in [6.07, 6.45) is 0. The Hall–Kier alpha value is -0.570. The highest BCUT2D eigenvalue weighted by Crippen LogP contribution is 2.74. The zero-order valence-corrected chi connectivity index (χ0v) is 21.4. The van der Waals surface area contributed by atoms with Gasteiger partial charge >= 0.3 is 15.2 Å². The molecule has 1 heterocycles. The molecule has 0 radical (unpaired) electrons. The molecule has 1 aromatic rings. The van der Waals surface area contributed by atoms with Crippen LogP contribution in [0, 0.1) is 0 Å². The van der Waals surface area contributed by atoms with Gasteiger partial charge in [-0.15, -0.1) is 0 Å². The van der Waals surface area contributed by atoms with Crippen LogP contribution in [0.2, 0.25) is 0 Å². The Morgan fingerprint density at radius 3 is 1.74 bits per heavy atom. The zero-order valence-electron chi connectivity index (χ0n) is 18.0. The normalized spacial score (nSPS) is 18.4. The topological polar surface area (TPSA) is 100 Å². The third-order valence-electron chi connectivity index (χ3n) is 4.43. The first-order valence-electron chi connectivity index (χ1n) is 10.1. The minimum Gasteiger partial charge on any atom is -0.311 e. The first kappa shape index (κ1) is 26.7. The number of rotatable bonds is 13. The number of benzene rings is 1. The Labute approximate surface area is 193 Å².